The summed E-state index contributed by atoms with van der Waals surface area (Å²) < 4.78 is 0. The van der Waals surface area contributed by atoms with Gasteiger partial charge in [-0.05, 0) is 37.8 Å². The van der Waals surface area contributed by atoms with Gasteiger partial charge < -0.3 is 5.73 Å². The van der Waals surface area contributed by atoms with Gasteiger partial charge in [0.25, 0.3) is 0 Å². The highest BCUT2D eigenvalue weighted by Crippen LogP contribution is 2.31. The first-order valence-corrected chi connectivity index (χ1v) is 6.50. The molecule has 1 aliphatic rings. The number of rotatable bonds is 3. The van der Waals surface area contributed by atoms with E-state index in [9.17, 15) is 0 Å². The third-order valence-electron chi connectivity index (χ3n) is 3.77. The summed E-state index contributed by atoms with van der Waals surface area (Å²) in [5.74, 6) is 0.775. The number of nitrogens with zero attached hydrogens (tertiary/aromatic N) is 2. The molecule has 1 aromatic rings. The van der Waals surface area contributed by atoms with E-state index in [2.05, 4.69) is 35.9 Å². The standard InChI is InChI=1S/C14H23N3/c1-10-6-12(3)17(9-10)14(7-15)13-5-4-11(2)16-8-13/h4-5,8,10,12,14H,6-7,9,15H2,1-3H3. The van der Waals surface area contributed by atoms with Crippen LogP contribution < -0.4 is 5.73 Å². The second-order valence-corrected chi connectivity index (χ2v) is 5.37. The molecule has 3 unspecified atom stereocenters. The minimum atomic E-state index is 0.322. The molecule has 1 aromatic heterocycles. The van der Waals surface area contributed by atoms with Crippen LogP contribution >= 0.6 is 0 Å². The number of hydrogen-bond acceptors (Lipinski definition) is 3. The zero-order chi connectivity index (χ0) is 12.4. The summed E-state index contributed by atoms with van der Waals surface area (Å²) in [6.45, 7) is 8.45. The van der Waals surface area contributed by atoms with Crippen LogP contribution in [0.4, 0.5) is 0 Å². The maximum atomic E-state index is 5.96. The molecule has 2 rings (SSSR count). The van der Waals surface area contributed by atoms with E-state index in [1.54, 1.807) is 0 Å². The average Bonchev–Trinajstić information content (AvgIpc) is 2.62. The largest absolute Gasteiger partial charge is 0.329 e. The quantitative estimate of drug-likeness (QED) is 0.869. The summed E-state index contributed by atoms with van der Waals surface area (Å²) in [6.07, 6.45) is 3.25. The van der Waals surface area contributed by atoms with Gasteiger partial charge in [0, 0.05) is 37.1 Å². The Kier molecular flexibility index (Phi) is 3.79. The van der Waals surface area contributed by atoms with Crippen LogP contribution in [0, 0.1) is 12.8 Å². The van der Waals surface area contributed by atoms with Crippen LogP contribution in [0.5, 0.6) is 0 Å². The highest BCUT2D eigenvalue weighted by molar-refractivity contribution is 5.18. The van der Waals surface area contributed by atoms with E-state index in [0.29, 0.717) is 18.6 Å². The zero-order valence-electron chi connectivity index (χ0n) is 11.1. The first kappa shape index (κ1) is 12.5. The van der Waals surface area contributed by atoms with E-state index in [1.807, 2.05) is 13.1 Å². The topological polar surface area (TPSA) is 42.1 Å². The first-order valence-electron chi connectivity index (χ1n) is 6.50. The predicted octanol–water partition coefficient (Wildman–Crippen LogP) is 2.12. The molecule has 94 valence electrons. The summed E-state index contributed by atoms with van der Waals surface area (Å²) >= 11 is 0. The highest BCUT2D eigenvalue weighted by atomic mass is 15.2. The number of hydrogen-bond donors (Lipinski definition) is 1. The fourth-order valence-corrected chi connectivity index (χ4v) is 2.91. The lowest BCUT2D eigenvalue weighted by atomic mass is 10.1. The monoisotopic (exact) mass is 233 g/mol. The van der Waals surface area contributed by atoms with E-state index in [0.717, 1.165) is 18.2 Å². The van der Waals surface area contributed by atoms with Crippen LogP contribution in [-0.2, 0) is 0 Å². The minimum absolute atomic E-state index is 0.322. The van der Waals surface area contributed by atoms with E-state index >= 15 is 0 Å². The molecule has 2 N–H and O–H groups in total. The summed E-state index contributed by atoms with van der Waals surface area (Å²) in [7, 11) is 0. The molecule has 3 atom stereocenters. The first-order chi connectivity index (χ1) is 8.11. The van der Waals surface area contributed by atoms with E-state index in [-0.39, 0.29) is 0 Å². The normalized spacial score (nSPS) is 27.3. The van der Waals surface area contributed by atoms with Crippen molar-refractivity contribution in [1.29, 1.82) is 0 Å². The number of nitrogens with two attached hydrogens (primary N) is 1. The molecule has 3 heteroatoms. The van der Waals surface area contributed by atoms with Crippen molar-refractivity contribution in [1.82, 2.24) is 9.88 Å². The lowest BCUT2D eigenvalue weighted by Gasteiger charge is -2.30. The van der Waals surface area contributed by atoms with Crippen molar-refractivity contribution in [2.75, 3.05) is 13.1 Å². The van der Waals surface area contributed by atoms with Gasteiger partial charge in [0.05, 0.1) is 0 Å². The van der Waals surface area contributed by atoms with Crippen molar-refractivity contribution in [3.8, 4) is 0 Å². The summed E-state index contributed by atoms with van der Waals surface area (Å²) in [5.41, 5.74) is 8.27. The van der Waals surface area contributed by atoms with Crippen molar-refractivity contribution < 1.29 is 0 Å². The van der Waals surface area contributed by atoms with Gasteiger partial charge in [-0.2, -0.15) is 0 Å². The van der Waals surface area contributed by atoms with Crippen molar-refractivity contribution in [2.24, 2.45) is 11.7 Å². The van der Waals surface area contributed by atoms with Gasteiger partial charge in [0.2, 0.25) is 0 Å². The Bertz CT molecular complexity index is 360. The molecule has 2 heterocycles. The Morgan fingerprint density at radius 3 is 2.71 bits per heavy atom. The van der Waals surface area contributed by atoms with Gasteiger partial charge in [-0.25, -0.2) is 0 Å². The Hall–Kier alpha value is -0.930. The number of likely N-dealkylation sites (tertiary alicyclic amines) is 1. The van der Waals surface area contributed by atoms with Gasteiger partial charge in [-0.3, -0.25) is 9.88 Å². The molecule has 0 radical (unpaired) electrons. The number of aromatic nitrogens is 1. The summed E-state index contributed by atoms with van der Waals surface area (Å²) in [6, 6.07) is 5.18. The maximum Gasteiger partial charge on any atom is 0.0488 e. The highest BCUT2D eigenvalue weighted by Gasteiger charge is 2.31. The van der Waals surface area contributed by atoms with E-state index in [4.69, 9.17) is 5.73 Å². The van der Waals surface area contributed by atoms with Gasteiger partial charge in [0.15, 0.2) is 0 Å². The Morgan fingerprint density at radius 2 is 2.24 bits per heavy atom. The third kappa shape index (κ3) is 2.67. The second kappa shape index (κ2) is 5.15. The molecule has 0 amide bonds. The molecular weight excluding hydrogens is 210 g/mol. The summed E-state index contributed by atoms with van der Waals surface area (Å²) in [5, 5.41) is 0. The molecule has 17 heavy (non-hydrogen) atoms. The van der Waals surface area contributed by atoms with Crippen molar-refractivity contribution in [3.05, 3.63) is 29.6 Å². The molecule has 1 saturated heterocycles. The van der Waals surface area contributed by atoms with Gasteiger partial charge >= 0.3 is 0 Å². The van der Waals surface area contributed by atoms with Crippen LogP contribution in [0.2, 0.25) is 0 Å². The molecular formula is C14H23N3. The molecule has 0 saturated carbocycles. The van der Waals surface area contributed by atoms with Crippen LogP contribution in [0.1, 0.15) is 37.6 Å². The Labute approximate surface area is 104 Å². The smallest absolute Gasteiger partial charge is 0.0488 e. The molecule has 3 nitrogen and oxygen atoms in total. The van der Waals surface area contributed by atoms with Gasteiger partial charge in [0.1, 0.15) is 0 Å². The molecule has 1 fully saturated rings. The maximum absolute atomic E-state index is 5.96. The fourth-order valence-electron chi connectivity index (χ4n) is 2.91. The van der Waals surface area contributed by atoms with Crippen molar-refractivity contribution in [2.45, 2.75) is 39.3 Å². The lowest BCUT2D eigenvalue weighted by Crippen LogP contribution is -2.36. The molecule has 1 aliphatic heterocycles. The molecule has 0 bridgehead atoms. The van der Waals surface area contributed by atoms with Crippen LogP contribution in [0.15, 0.2) is 18.3 Å². The van der Waals surface area contributed by atoms with Crippen molar-refractivity contribution >= 4 is 0 Å². The number of pyridine rings is 1. The second-order valence-electron chi connectivity index (χ2n) is 5.37. The minimum Gasteiger partial charge on any atom is -0.329 e. The Balaban J connectivity index is 2.18. The van der Waals surface area contributed by atoms with Crippen LogP contribution in [0.3, 0.4) is 0 Å². The number of aryl methyl sites for hydroxylation is 1. The van der Waals surface area contributed by atoms with Crippen LogP contribution in [-0.4, -0.2) is 29.0 Å². The Morgan fingerprint density at radius 1 is 1.47 bits per heavy atom. The SMILES string of the molecule is Cc1ccc(C(CN)N2CC(C)CC2C)cn1. The fraction of sp³-hybridized carbons (Fsp3) is 0.643. The molecule has 0 aromatic carbocycles. The average molecular weight is 233 g/mol. The predicted molar refractivity (Wildman–Crippen MR) is 70.7 cm³/mol. The van der Waals surface area contributed by atoms with E-state index in [1.165, 1.54) is 12.0 Å². The van der Waals surface area contributed by atoms with E-state index < -0.39 is 0 Å². The lowest BCUT2D eigenvalue weighted by molar-refractivity contribution is 0.192. The van der Waals surface area contributed by atoms with Gasteiger partial charge in [-0.1, -0.05) is 13.0 Å². The van der Waals surface area contributed by atoms with Crippen molar-refractivity contribution in [3.63, 3.8) is 0 Å². The zero-order valence-corrected chi connectivity index (χ0v) is 11.1. The molecule has 0 spiro atoms. The molecule has 0 aliphatic carbocycles. The third-order valence-corrected chi connectivity index (χ3v) is 3.77. The van der Waals surface area contributed by atoms with Crippen LogP contribution in [0.25, 0.3) is 0 Å². The summed E-state index contributed by atoms with van der Waals surface area (Å²) in [4.78, 5) is 6.91. The van der Waals surface area contributed by atoms with Gasteiger partial charge in [-0.15, -0.1) is 0 Å².